The fourth-order valence-corrected chi connectivity index (χ4v) is 3.44. The lowest BCUT2D eigenvalue weighted by atomic mass is 9.71. The Morgan fingerprint density at radius 1 is 1.15 bits per heavy atom. The third-order valence-corrected chi connectivity index (χ3v) is 5.27. The maximum absolute atomic E-state index is 12.4. The summed E-state index contributed by atoms with van der Waals surface area (Å²) in [5, 5.41) is 9.55. The first kappa shape index (κ1) is 20.3. The molecule has 4 heteroatoms. The summed E-state index contributed by atoms with van der Waals surface area (Å²) in [6, 6.07) is 9.68. The van der Waals surface area contributed by atoms with Crippen molar-refractivity contribution in [2.24, 2.45) is 5.41 Å². The van der Waals surface area contributed by atoms with Crippen LogP contribution in [0.2, 0.25) is 0 Å². The number of benzene rings is 1. The van der Waals surface area contributed by atoms with Gasteiger partial charge in [-0.15, -0.1) is 0 Å². The van der Waals surface area contributed by atoms with Gasteiger partial charge in [-0.2, -0.15) is 5.26 Å². The molecule has 26 heavy (non-hydrogen) atoms. The Morgan fingerprint density at radius 2 is 1.81 bits per heavy atom. The molecule has 1 saturated carbocycles. The SMILES string of the molecule is CCCCOc1ccc(C(=O)OC2CCC(C#N)(CCCC)CC2)cc1. The molecule has 0 bridgehead atoms. The van der Waals surface area contributed by atoms with Crippen molar-refractivity contribution in [1.29, 1.82) is 5.26 Å². The Morgan fingerprint density at radius 3 is 2.38 bits per heavy atom. The highest BCUT2D eigenvalue weighted by Crippen LogP contribution is 2.41. The molecule has 1 fully saturated rings. The molecule has 0 unspecified atom stereocenters. The van der Waals surface area contributed by atoms with Gasteiger partial charge < -0.3 is 9.47 Å². The van der Waals surface area contributed by atoms with Crippen molar-refractivity contribution in [3.05, 3.63) is 29.8 Å². The van der Waals surface area contributed by atoms with E-state index in [0.29, 0.717) is 12.2 Å². The molecule has 0 saturated heterocycles. The average Bonchev–Trinajstić information content (AvgIpc) is 2.68. The largest absolute Gasteiger partial charge is 0.494 e. The van der Waals surface area contributed by atoms with Crippen molar-refractivity contribution in [2.45, 2.75) is 77.7 Å². The first-order chi connectivity index (χ1) is 12.6. The van der Waals surface area contributed by atoms with Crippen LogP contribution in [0.3, 0.4) is 0 Å². The highest BCUT2D eigenvalue weighted by Gasteiger charge is 2.36. The van der Waals surface area contributed by atoms with Crippen molar-refractivity contribution < 1.29 is 14.3 Å². The van der Waals surface area contributed by atoms with Gasteiger partial charge in [0.25, 0.3) is 0 Å². The molecule has 1 aliphatic rings. The summed E-state index contributed by atoms with van der Waals surface area (Å²) in [5.41, 5.74) is 0.340. The molecule has 0 atom stereocenters. The van der Waals surface area contributed by atoms with E-state index in [9.17, 15) is 10.1 Å². The number of carbonyl (C=O) groups is 1. The van der Waals surface area contributed by atoms with Gasteiger partial charge in [0.2, 0.25) is 0 Å². The van der Waals surface area contributed by atoms with Gasteiger partial charge in [-0.05, 0) is 62.8 Å². The number of ether oxygens (including phenoxy) is 2. The summed E-state index contributed by atoms with van der Waals surface area (Å²) in [6.45, 7) is 4.97. The molecule has 0 N–H and O–H groups in total. The molecular formula is C22H31NO3. The van der Waals surface area contributed by atoms with Gasteiger partial charge in [-0.25, -0.2) is 4.79 Å². The maximum atomic E-state index is 12.4. The predicted octanol–water partition coefficient (Wildman–Crippen LogP) is 5.67. The first-order valence-electron chi connectivity index (χ1n) is 9.97. The van der Waals surface area contributed by atoms with Crippen molar-refractivity contribution >= 4 is 5.97 Å². The van der Waals surface area contributed by atoms with Gasteiger partial charge in [0.1, 0.15) is 11.9 Å². The van der Waals surface area contributed by atoms with E-state index in [1.165, 1.54) is 0 Å². The summed E-state index contributed by atoms with van der Waals surface area (Å²) in [6.07, 6.45) is 8.40. The lowest BCUT2D eigenvalue weighted by Crippen LogP contribution is -2.31. The normalized spacial score (nSPS) is 22.4. The monoisotopic (exact) mass is 357 g/mol. The molecule has 0 spiro atoms. The summed E-state index contributed by atoms with van der Waals surface area (Å²) >= 11 is 0. The Balaban J connectivity index is 1.82. The van der Waals surface area contributed by atoms with Crippen molar-refractivity contribution in [3.63, 3.8) is 0 Å². The minimum atomic E-state index is -0.284. The summed E-state index contributed by atoms with van der Waals surface area (Å²) in [7, 11) is 0. The number of hydrogen-bond donors (Lipinski definition) is 0. The van der Waals surface area contributed by atoms with Crippen LogP contribution in [0.5, 0.6) is 5.75 Å². The standard InChI is InChI=1S/C22H31NO3/c1-3-5-13-22(17-23)14-11-20(12-15-22)26-21(24)18-7-9-19(10-8-18)25-16-6-4-2/h7-10,20H,3-6,11-16H2,1-2H3. The number of nitrogens with zero attached hydrogens (tertiary/aromatic N) is 1. The van der Waals surface area contributed by atoms with E-state index < -0.39 is 0 Å². The molecule has 0 aliphatic heterocycles. The number of rotatable bonds is 9. The Labute approximate surface area is 157 Å². The second-order valence-electron chi connectivity index (χ2n) is 7.33. The maximum Gasteiger partial charge on any atom is 0.338 e. The summed E-state index contributed by atoms with van der Waals surface area (Å²) in [5.74, 6) is 0.496. The van der Waals surface area contributed by atoms with Gasteiger partial charge in [0, 0.05) is 0 Å². The van der Waals surface area contributed by atoms with Crippen LogP contribution in [-0.2, 0) is 4.74 Å². The smallest absolute Gasteiger partial charge is 0.338 e. The van der Waals surface area contributed by atoms with Crippen LogP contribution in [0, 0.1) is 16.7 Å². The topological polar surface area (TPSA) is 59.3 Å². The van der Waals surface area contributed by atoms with Gasteiger partial charge >= 0.3 is 5.97 Å². The Kier molecular flexibility index (Phi) is 7.97. The predicted molar refractivity (Wildman–Crippen MR) is 102 cm³/mol. The number of carbonyl (C=O) groups excluding carboxylic acids is 1. The van der Waals surface area contributed by atoms with Gasteiger partial charge in [0.05, 0.1) is 23.7 Å². The highest BCUT2D eigenvalue weighted by molar-refractivity contribution is 5.89. The first-order valence-corrected chi connectivity index (χ1v) is 9.97. The number of nitriles is 1. The summed E-state index contributed by atoms with van der Waals surface area (Å²) in [4.78, 5) is 12.4. The van der Waals surface area contributed by atoms with E-state index in [-0.39, 0.29) is 17.5 Å². The van der Waals surface area contributed by atoms with Crippen molar-refractivity contribution in [2.75, 3.05) is 6.61 Å². The van der Waals surface area contributed by atoms with Gasteiger partial charge in [-0.1, -0.05) is 33.1 Å². The zero-order valence-electron chi connectivity index (χ0n) is 16.1. The van der Waals surface area contributed by atoms with E-state index in [4.69, 9.17) is 9.47 Å². The third kappa shape index (κ3) is 5.76. The van der Waals surface area contributed by atoms with E-state index in [2.05, 4.69) is 19.9 Å². The van der Waals surface area contributed by atoms with Crippen molar-refractivity contribution in [3.8, 4) is 11.8 Å². The zero-order chi connectivity index (χ0) is 18.8. The van der Waals surface area contributed by atoms with Crippen LogP contribution in [-0.4, -0.2) is 18.7 Å². The van der Waals surface area contributed by atoms with Crippen LogP contribution in [0.15, 0.2) is 24.3 Å². The minimum Gasteiger partial charge on any atom is -0.494 e. The second-order valence-corrected chi connectivity index (χ2v) is 7.33. The molecule has 142 valence electrons. The number of hydrogen-bond acceptors (Lipinski definition) is 4. The molecular weight excluding hydrogens is 326 g/mol. The molecule has 1 aliphatic carbocycles. The zero-order valence-corrected chi connectivity index (χ0v) is 16.1. The number of esters is 1. The lowest BCUT2D eigenvalue weighted by Gasteiger charge is -2.34. The Hall–Kier alpha value is -2.02. The van der Waals surface area contributed by atoms with Crippen LogP contribution in [0.1, 0.15) is 82.0 Å². The molecule has 1 aromatic carbocycles. The Bertz CT molecular complexity index is 595. The third-order valence-electron chi connectivity index (χ3n) is 5.27. The molecule has 0 aromatic heterocycles. The van der Waals surface area contributed by atoms with Crippen LogP contribution in [0.25, 0.3) is 0 Å². The molecule has 4 nitrogen and oxygen atoms in total. The van der Waals surface area contributed by atoms with Crippen molar-refractivity contribution in [1.82, 2.24) is 0 Å². The second kappa shape index (κ2) is 10.2. The minimum absolute atomic E-state index is 0.0777. The van der Waals surface area contributed by atoms with E-state index in [1.54, 1.807) is 12.1 Å². The van der Waals surface area contributed by atoms with Crippen LogP contribution in [0.4, 0.5) is 0 Å². The average molecular weight is 357 g/mol. The molecule has 1 aromatic rings. The fourth-order valence-electron chi connectivity index (χ4n) is 3.44. The quantitative estimate of drug-likeness (QED) is 0.422. The number of unbranched alkanes of at least 4 members (excludes halogenated alkanes) is 2. The van der Waals surface area contributed by atoms with E-state index in [0.717, 1.165) is 63.5 Å². The highest BCUT2D eigenvalue weighted by atomic mass is 16.5. The lowest BCUT2D eigenvalue weighted by molar-refractivity contribution is 0.0105. The molecule has 0 amide bonds. The molecule has 0 radical (unpaired) electrons. The summed E-state index contributed by atoms with van der Waals surface area (Å²) < 4.78 is 11.3. The van der Waals surface area contributed by atoms with E-state index >= 15 is 0 Å². The fraction of sp³-hybridized carbons (Fsp3) is 0.636. The van der Waals surface area contributed by atoms with E-state index in [1.807, 2.05) is 12.1 Å². The molecule has 0 heterocycles. The van der Waals surface area contributed by atoms with Crippen LogP contribution < -0.4 is 4.74 Å². The van der Waals surface area contributed by atoms with Gasteiger partial charge in [-0.3, -0.25) is 0 Å². The van der Waals surface area contributed by atoms with Gasteiger partial charge in [0.15, 0.2) is 0 Å². The van der Waals surface area contributed by atoms with Crippen LogP contribution >= 0.6 is 0 Å². The molecule has 2 rings (SSSR count).